The molecule has 4 heteroatoms. The number of hydrogen-bond donors (Lipinski definition) is 0. The average molecular weight is 279 g/mol. The quantitative estimate of drug-likeness (QED) is 0.740. The molecule has 1 radical (unpaired) electrons. The summed E-state index contributed by atoms with van der Waals surface area (Å²) in [7, 11) is 0. The van der Waals surface area contributed by atoms with Gasteiger partial charge in [0.1, 0.15) is 5.75 Å². The van der Waals surface area contributed by atoms with E-state index >= 15 is 0 Å². The molecule has 0 heterocycles. The second-order valence-electron chi connectivity index (χ2n) is 4.20. The van der Waals surface area contributed by atoms with E-state index in [-0.39, 0.29) is 5.41 Å². The molecule has 0 N–H and O–H groups in total. The lowest BCUT2D eigenvalue weighted by molar-refractivity contribution is 0.281. The Morgan fingerprint density at radius 1 is 1.44 bits per heavy atom. The first-order valence-corrected chi connectivity index (χ1v) is 6.57. The zero-order valence-corrected chi connectivity index (χ0v) is 10.9. The van der Waals surface area contributed by atoms with Crippen LogP contribution in [0.5, 0.6) is 5.75 Å². The van der Waals surface area contributed by atoms with Gasteiger partial charge in [-0.15, -0.1) is 23.2 Å². The van der Waals surface area contributed by atoms with Crippen LogP contribution in [0, 0.1) is 17.4 Å². The molecule has 1 aliphatic rings. The van der Waals surface area contributed by atoms with Crippen LogP contribution in [-0.4, -0.2) is 18.4 Å². The van der Waals surface area contributed by atoms with Crippen molar-refractivity contribution in [2.45, 2.75) is 6.42 Å². The van der Waals surface area contributed by atoms with Crippen LogP contribution in [0.25, 0.3) is 0 Å². The fourth-order valence-electron chi connectivity index (χ4n) is 1.73. The van der Waals surface area contributed by atoms with E-state index in [0.717, 1.165) is 6.42 Å². The van der Waals surface area contributed by atoms with Crippen LogP contribution in [-0.2, 0) is 0 Å². The first-order chi connectivity index (χ1) is 7.72. The molecule has 0 bridgehead atoms. The highest BCUT2D eigenvalue weighted by Gasteiger charge is 2.53. The third kappa shape index (κ3) is 2.42. The van der Waals surface area contributed by atoms with Crippen molar-refractivity contribution in [1.29, 1.82) is 0 Å². The smallest absolute Gasteiger partial charge is 0.138 e. The van der Waals surface area contributed by atoms with Gasteiger partial charge in [0, 0.05) is 23.1 Å². The molecule has 0 aliphatic heterocycles. The van der Waals surface area contributed by atoms with Crippen LogP contribution in [0.1, 0.15) is 6.42 Å². The second-order valence-corrected chi connectivity index (χ2v) is 5.14. The highest BCUT2D eigenvalue weighted by Crippen LogP contribution is 2.54. The zero-order chi connectivity index (χ0) is 11.6. The third-order valence-corrected chi connectivity index (χ3v) is 4.48. The van der Waals surface area contributed by atoms with Crippen molar-refractivity contribution >= 4 is 34.8 Å². The Hall–Kier alpha value is -0.110. The highest BCUT2D eigenvalue weighted by molar-refractivity contribution is 6.32. The van der Waals surface area contributed by atoms with Gasteiger partial charge in [-0.25, -0.2) is 0 Å². The number of alkyl halides is 2. The van der Waals surface area contributed by atoms with Crippen LogP contribution in [0.3, 0.4) is 0 Å². The molecular weight excluding hydrogens is 266 g/mol. The molecule has 0 aromatic heterocycles. The van der Waals surface area contributed by atoms with E-state index in [2.05, 4.69) is 6.07 Å². The summed E-state index contributed by atoms with van der Waals surface area (Å²) >= 11 is 17.8. The number of rotatable bonds is 5. The van der Waals surface area contributed by atoms with Crippen LogP contribution in [0.4, 0.5) is 0 Å². The molecule has 0 amide bonds. The summed E-state index contributed by atoms with van der Waals surface area (Å²) in [4.78, 5) is 0. The maximum Gasteiger partial charge on any atom is 0.138 e. The normalized spacial score (nSPS) is 21.8. The topological polar surface area (TPSA) is 9.23 Å². The van der Waals surface area contributed by atoms with Crippen molar-refractivity contribution in [2.24, 2.45) is 11.3 Å². The predicted octanol–water partition coefficient (Wildman–Crippen LogP) is 4.00. The summed E-state index contributed by atoms with van der Waals surface area (Å²) in [5.74, 6) is 2.31. The van der Waals surface area contributed by atoms with E-state index in [4.69, 9.17) is 39.5 Å². The number of halogens is 3. The summed E-state index contributed by atoms with van der Waals surface area (Å²) in [6.07, 6.45) is 1.04. The molecule has 2 rings (SSSR count). The van der Waals surface area contributed by atoms with Crippen molar-refractivity contribution in [2.75, 3.05) is 18.4 Å². The van der Waals surface area contributed by atoms with Gasteiger partial charge in [0.2, 0.25) is 0 Å². The van der Waals surface area contributed by atoms with Crippen LogP contribution < -0.4 is 4.74 Å². The fraction of sp³-hybridized carbons (Fsp3) is 0.500. The zero-order valence-electron chi connectivity index (χ0n) is 8.68. The van der Waals surface area contributed by atoms with E-state index in [1.807, 2.05) is 0 Å². The Balaban J connectivity index is 1.88. The van der Waals surface area contributed by atoms with E-state index in [0.29, 0.717) is 35.1 Å². The molecule has 0 spiro atoms. The van der Waals surface area contributed by atoms with Crippen LogP contribution in [0.2, 0.25) is 5.02 Å². The van der Waals surface area contributed by atoms with E-state index in [1.165, 1.54) is 0 Å². The molecule has 1 unspecified atom stereocenters. The fourth-order valence-corrected chi connectivity index (χ4v) is 2.84. The molecule has 1 aromatic rings. The average Bonchev–Trinajstić information content (AvgIpc) is 3.02. The maximum atomic E-state index is 5.97. The molecular formula is C12H12Cl3O. The van der Waals surface area contributed by atoms with Crippen molar-refractivity contribution in [3.8, 4) is 5.75 Å². The molecule has 0 saturated heterocycles. The molecule has 1 fully saturated rings. The Labute approximate surface area is 111 Å². The van der Waals surface area contributed by atoms with E-state index < -0.39 is 0 Å². The van der Waals surface area contributed by atoms with Crippen LogP contribution in [0.15, 0.2) is 18.2 Å². The highest BCUT2D eigenvalue weighted by atomic mass is 35.5. The van der Waals surface area contributed by atoms with Gasteiger partial charge in [-0.3, -0.25) is 0 Å². The Kier molecular flexibility index (Phi) is 3.89. The number of ether oxygens (including phenoxy) is 1. The van der Waals surface area contributed by atoms with Crippen LogP contribution >= 0.6 is 34.8 Å². The van der Waals surface area contributed by atoms with E-state index in [9.17, 15) is 0 Å². The molecule has 87 valence electrons. The summed E-state index contributed by atoms with van der Waals surface area (Å²) in [5.41, 5.74) is 0.0775. The summed E-state index contributed by atoms with van der Waals surface area (Å²) < 4.78 is 5.64. The van der Waals surface area contributed by atoms with E-state index in [1.54, 1.807) is 18.2 Å². The van der Waals surface area contributed by atoms with Gasteiger partial charge in [0.15, 0.2) is 0 Å². The van der Waals surface area contributed by atoms with Crippen molar-refractivity contribution in [1.82, 2.24) is 0 Å². The lowest BCUT2D eigenvalue weighted by atomic mass is 10.1. The molecule has 1 aliphatic carbocycles. The number of hydrogen-bond acceptors (Lipinski definition) is 1. The molecule has 1 saturated carbocycles. The van der Waals surface area contributed by atoms with Gasteiger partial charge < -0.3 is 4.74 Å². The maximum absolute atomic E-state index is 5.97. The van der Waals surface area contributed by atoms with Gasteiger partial charge in [-0.05, 0) is 24.6 Å². The van der Waals surface area contributed by atoms with Crippen molar-refractivity contribution in [3.63, 3.8) is 0 Å². The summed E-state index contributed by atoms with van der Waals surface area (Å²) in [6, 6.07) is 8.20. The van der Waals surface area contributed by atoms with Gasteiger partial charge >= 0.3 is 0 Å². The van der Waals surface area contributed by atoms with Crippen molar-refractivity contribution in [3.05, 3.63) is 29.3 Å². The molecule has 1 atom stereocenters. The second kappa shape index (κ2) is 5.03. The SMILES string of the molecule is ClCC1(CCl)CC1COc1c[c]ccc1Cl. The first kappa shape index (κ1) is 12.3. The summed E-state index contributed by atoms with van der Waals surface area (Å²) in [5, 5.41) is 0.613. The third-order valence-electron chi connectivity index (χ3n) is 3.11. The van der Waals surface area contributed by atoms with Crippen molar-refractivity contribution < 1.29 is 4.74 Å². The predicted molar refractivity (Wildman–Crippen MR) is 67.8 cm³/mol. The lowest BCUT2D eigenvalue weighted by Gasteiger charge is -2.11. The minimum atomic E-state index is 0.0775. The molecule has 16 heavy (non-hydrogen) atoms. The first-order valence-electron chi connectivity index (χ1n) is 5.12. The standard InChI is InChI=1S/C12H12Cl3O/c13-7-12(8-14)5-9(12)6-16-11-4-2-1-3-10(11)15/h1,3-4,9H,5-8H2. The lowest BCUT2D eigenvalue weighted by Crippen LogP contribution is -2.13. The minimum Gasteiger partial charge on any atom is -0.492 e. The number of benzene rings is 1. The molecule has 1 nitrogen and oxygen atoms in total. The monoisotopic (exact) mass is 277 g/mol. The Morgan fingerprint density at radius 3 is 2.75 bits per heavy atom. The Morgan fingerprint density at radius 2 is 2.19 bits per heavy atom. The van der Waals surface area contributed by atoms with Gasteiger partial charge in [-0.1, -0.05) is 17.7 Å². The van der Waals surface area contributed by atoms with Gasteiger partial charge in [0.05, 0.1) is 11.6 Å². The summed E-state index contributed by atoms with van der Waals surface area (Å²) in [6.45, 7) is 0.622. The molecule has 1 aromatic carbocycles. The largest absolute Gasteiger partial charge is 0.492 e. The Bertz CT molecular complexity index is 363. The van der Waals surface area contributed by atoms with Gasteiger partial charge in [-0.2, -0.15) is 0 Å². The van der Waals surface area contributed by atoms with Gasteiger partial charge in [0.25, 0.3) is 0 Å². The minimum absolute atomic E-state index is 0.0775.